The number of carboxylic acids is 1. The Balaban J connectivity index is 2.02. The highest BCUT2D eigenvalue weighted by atomic mass is 16.5. The van der Waals surface area contributed by atoms with E-state index in [1.807, 2.05) is 11.9 Å². The van der Waals surface area contributed by atoms with E-state index in [-0.39, 0.29) is 5.56 Å². The molecular formula is C13H18N2O4. The van der Waals surface area contributed by atoms with Crippen LogP contribution in [-0.2, 0) is 4.74 Å². The monoisotopic (exact) mass is 266 g/mol. The summed E-state index contributed by atoms with van der Waals surface area (Å²) in [6.45, 7) is 1.58. The maximum atomic E-state index is 10.7. The number of rotatable bonds is 4. The van der Waals surface area contributed by atoms with E-state index in [9.17, 15) is 9.90 Å². The van der Waals surface area contributed by atoms with Crippen molar-refractivity contribution in [3.63, 3.8) is 0 Å². The second kappa shape index (κ2) is 5.54. The van der Waals surface area contributed by atoms with Gasteiger partial charge in [-0.15, -0.1) is 0 Å². The molecule has 0 radical (unpaired) electrons. The van der Waals surface area contributed by atoms with Crippen LogP contribution in [-0.4, -0.2) is 53.6 Å². The van der Waals surface area contributed by atoms with Gasteiger partial charge in [0.2, 0.25) is 0 Å². The van der Waals surface area contributed by atoms with Crippen LogP contribution in [0.2, 0.25) is 0 Å². The predicted octanol–water partition coefficient (Wildman–Crippen LogP) is 0.757. The Morgan fingerprint density at radius 2 is 2.16 bits per heavy atom. The molecule has 0 aromatic carbocycles. The zero-order valence-corrected chi connectivity index (χ0v) is 10.9. The van der Waals surface area contributed by atoms with Crippen molar-refractivity contribution in [2.75, 3.05) is 31.7 Å². The molecule has 0 spiro atoms. The number of aromatic nitrogens is 1. The van der Waals surface area contributed by atoms with E-state index in [0.717, 1.165) is 0 Å². The molecule has 6 nitrogen and oxygen atoms in total. The predicted molar refractivity (Wildman–Crippen MR) is 69.5 cm³/mol. The van der Waals surface area contributed by atoms with E-state index in [0.29, 0.717) is 38.4 Å². The minimum Gasteiger partial charge on any atom is -0.478 e. The molecule has 6 heteroatoms. The highest BCUT2D eigenvalue weighted by molar-refractivity contribution is 5.87. The average Bonchev–Trinajstić information content (AvgIpc) is 2.39. The number of carbonyl (C=O) groups is 1. The molecule has 0 amide bonds. The standard InChI is InChI=1S/C13H18N2O4/c1-15(9-13(18)4-6-19-7-5-13)11-3-2-10(8-14-11)12(16)17/h2-3,8,18H,4-7,9H2,1H3,(H,16,17). The van der Waals surface area contributed by atoms with Gasteiger partial charge >= 0.3 is 5.97 Å². The summed E-state index contributed by atoms with van der Waals surface area (Å²) in [5.74, 6) is -0.352. The van der Waals surface area contributed by atoms with Gasteiger partial charge in [0.15, 0.2) is 0 Å². The summed E-state index contributed by atoms with van der Waals surface area (Å²) in [4.78, 5) is 16.7. The van der Waals surface area contributed by atoms with Gasteiger partial charge in [0.25, 0.3) is 0 Å². The summed E-state index contributed by atoms with van der Waals surface area (Å²) in [6.07, 6.45) is 2.53. The van der Waals surface area contributed by atoms with Crippen molar-refractivity contribution in [2.24, 2.45) is 0 Å². The minimum absolute atomic E-state index is 0.155. The molecule has 1 aromatic rings. The lowest BCUT2D eigenvalue weighted by atomic mass is 9.94. The van der Waals surface area contributed by atoms with Gasteiger partial charge in [-0.25, -0.2) is 9.78 Å². The number of pyridine rings is 1. The molecule has 2 N–H and O–H groups in total. The number of aromatic carboxylic acids is 1. The lowest BCUT2D eigenvalue weighted by molar-refractivity contribution is -0.0573. The van der Waals surface area contributed by atoms with Crippen molar-refractivity contribution in [2.45, 2.75) is 18.4 Å². The van der Waals surface area contributed by atoms with Gasteiger partial charge in [0, 0.05) is 45.8 Å². The van der Waals surface area contributed by atoms with E-state index in [2.05, 4.69) is 4.98 Å². The fraction of sp³-hybridized carbons (Fsp3) is 0.538. The first-order valence-corrected chi connectivity index (χ1v) is 6.21. The van der Waals surface area contributed by atoms with Crippen LogP contribution in [0.5, 0.6) is 0 Å². The largest absolute Gasteiger partial charge is 0.478 e. The lowest BCUT2D eigenvalue weighted by Crippen LogP contribution is -2.46. The second-order valence-corrected chi connectivity index (χ2v) is 4.90. The third-order valence-corrected chi connectivity index (χ3v) is 3.34. The third kappa shape index (κ3) is 3.42. The zero-order chi connectivity index (χ0) is 13.9. The Morgan fingerprint density at radius 3 is 2.68 bits per heavy atom. The number of carboxylic acid groups (broad SMARTS) is 1. The normalized spacial score (nSPS) is 18.0. The first-order valence-electron chi connectivity index (χ1n) is 6.21. The molecule has 0 unspecified atom stereocenters. The number of likely N-dealkylation sites (N-methyl/N-ethyl adjacent to an activating group) is 1. The lowest BCUT2D eigenvalue weighted by Gasteiger charge is -2.35. The average molecular weight is 266 g/mol. The summed E-state index contributed by atoms with van der Waals surface area (Å²) < 4.78 is 5.23. The van der Waals surface area contributed by atoms with Crippen LogP contribution >= 0.6 is 0 Å². The van der Waals surface area contributed by atoms with Crippen LogP contribution in [0.1, 0.15) is 23.2 Å². The fourth-order valence-electron chi connectivity index (χ4n) is 2.17. The van der Waals surface area contributed by atoms with Crippen LogP contribution in [0.15, 0.2) is 18.3 Å². The van der Waals surface area contributed by atoms with E-state index >= 15 is 0 Å². The van der Waals surface area contributed by atoms with Crippen molar-refractivity contribution in [3.8, 4) is 0 Å². The number of hydrogen-bond acceptors (Lipinski definition) is 5. The molecule has 1 fully saturated rings. The molecule has 2 rings (SSSR count). The topological polar surface area (TPSA) is 82.9 Å². The van der Waals surface area contributed by atoms with Crippen molar-refractivity contribution >= 4 is 11.8 Å². The number of ether oxygens (including phenoxy) is 1. The van der Waals surface area contributed by atoms with Gasteiger partial charge in [0.05, 0.1) is 11.2 Å². The summed E-state index contributed by atoms with van der Waals surface area (Å²) in [6, 6.07) is 3.15. The molecular weight excluding hydrogens is 248 g/mol. The molecule has 1 aromatic heterocycles. The maximum Gasteiger partial charge on any atom is 0.337 e. The Bertz CT molecular complexity index is 440. The number of nitrogens with zero attached hydrogens (tertiary/aromatic N) is 2. The Kier molecular flexibility index (Phi) is 4.01. The van der Waals surface area contributed by atoms with Crippen LogP contribution < -0.4 is 4.90 Å². The second-order valence-electron chi connectivity index (χ2n) is 4.90. The maximum absolute atomic E-state index is 10.7. The van der Waals surface area contributed by atoms with Crippen LogP contribution in [0, 0.1) is 0 Å². The molecule has 0 bridgehead atoms. The Hall–Kier alpha value is -1.66. The molecule has 2 heterocycles. The molecule has 0 atom stereocenters. The van der Waals surface area contributed by atoms with E-state index in [4.69, 9.17) is 9.84 Å². The van der Waals surface area contributed by atoms with Crippen LogP contribution in [0.4, 0.5) is 5.82 Å². The van der Waals surface area contributed by atoms with Crippen molar-refractivity contribution in [3.05, 3.63) is 23.9 Å². The number of anilines is 1. The summed E-state index contributed by atoms with van der Waals surface area (Å²) in [7, 11) is 1.83. The fourth-order valence-corrected chi connectivity index (χ4v) is 2.17. The number of hydrogen-bond donors (Lipinski definition) is 2. The molecule has 1 aliphatic heterocycles. The van der Waals surface area contributed by atoms with E-state index in [1.165, 1.54) is 12.3 Å². The Morgan fingerprint density at radius 1 is 1.47 bits per heavy atom. The van der Waals surface area contributed by atoms with Crippen molar-refractivity contribution in [1.29, 1.82) is 0 Å². The van der Waals surface area contributed by atoms with Crippen molar-refractivity contribution < 1.29 is 19.7 Å². The van der Waals surface area contributed by atoms with E-state index in [1.54, 1.807) is 6.07 Å². The molecule has 1 saturated heterocycles. The van der Waals surface area contributed by atoms with Crippen LogP contribution in [0.25, 0.3) is 0 Å². The molecule has 0 saturated carbocycles. The van der Waals surface area contributed by atoms with Gasteiger partial charge in [-0.05, 0) is 12.1 Å². The Labute approximate surface area is 111 Å². The molecule has 19 heavy (non-hydrogen) atoms. The van der Waals surface area contributed by atoms with Crippen molar-refractivity contribution in [1.82, 2.24) is 4.98 Å². The van der Waals surface area contributed by atoms with Gasteiger partial charge in [0.1, 0.15) is 5.82 Å². The highest BCUT2D eigenvalue weighted by Crippen LogP contribution is 2.23. The minimum atomic E-state index is -0.996. The van der Waals surface area contributed by atoms with Gasteiger partial charge in [-0.2, -0.15) is 0 Å². The smallest absolute Gasteiger partial charge is 0.337 e. The number of aliphatic hydroxyl groups is 1. The summed E-state index contributed by atoms with van der Waals surface area (Å²) >= 11 is 0. The van der Waals surface area contributed by atoms with Gasteiger partial charge < -0.3 is 19.8 Å². The molecule has 104 valence electrons. The van der Waals surface area contributed by atoms with Crippen LogP contribution in [0.3, 0.4) is 0 Å². The molecule has 0 aliphatic carbocycles. The quantitative estimate of drug-likeness (QED) is 0.837. The highest BCUT2D eigenvalue weighted by Gasteiger charge is 2.31. The SMILES string of the molecule is CN(CC1(O)CCOCC1)c1ccc(C(=O)O)cn1. The summed E-state index contributed by atoms with van der Waals surface area (Å²) in [5, 5.41) is 19.2. The molecule has 1 aliphatic rings. The first kappa shape index (κ1) is 13.8. The van der Waals surface area contributed by atoms with Gasteiger partial charge in [-0.3, -0.25) is 0 Å². The van der Waals surface area contributed by atoms with Gasteiger partial charge in [-0.1, -0.05) is 0 Å². The zero-order valence-electron chi connectivity index (χ0n) is 10.9. The summed E-state index contributed by atoms with van der Waals surface area (Å²) in [5.41, 5.74) is -0.609. The van der Waals surface area contributed by atoms with E-state index < -0.39 is 11.6 Å². The first-order chi connectivity index (χ1) is 9.00. The third-order valence-electron chi connectivity index (χ3n) is 3.34.